The molecule has 4 heteroatoms. The minimum absolute atomic E-state index is 0.0254. The van der Waals surface area contributed by atoms with Gasteiger partial charge in [-0.3, -0.25) is 9.79 Å². The Bertz CT molecular complexity index is 895. The largest absolute Gasteiger partial charge is 0.481 e. The number of aliphatic hydroxyl groups excluding tert-OH is 1. The van der Waals surface area contributed by atoms with Crippen molar-refractivity contribution in [1.82, 2.24) is 0 Å². The van der Waals surface area contributed by atoms with Crippen molar-refractivity contribution in [2.24, 2.45) is 61.7 Å². The van der Waals surface area contributed by atoms with Crippen molar-refractivity contribution >= 4 is 11.7 Å². The molecule has 5 fully saturated rings. The van der Waals surface area contributed by atoms with Crippen molar-refractivity contribution in [2.45, 2.75) is 112 Å². The number of hydrogen-bond donors (Lipinski definition) is 2. The van der Waals surface area contributed by atoms with Crippen molar-refractivity contribution in [2.75, 3.05) is 7.05 Å². The molecule has 0 aromatic rings. The summed E-state index contributed by atoms with van der Waals surface area (Å²) in [6, 6.07) is 0. The number of aliphatic carboxylic acids is 1. The van der Waals surface area contributed by atoms with Crippen LogP contribution in [0.15, 0.2) is 4.99 Å². The van der Waals surface area contributed by atoms with Gasteiger partial charge in [0.25, 0.3) is 0 Å². The monoisotopic (exact) mass is 471 g/mol. The maximum Gasteiger partial charge on any atom is 0.309 e. The molecule has 192 valence electrons. The molecule has 0 amide bonds. The number of hydrogen-bond acceptors (Lipinski definition) is 3. The van der Waals surface area contributed by atoms with Crippen LogP contribution in [-0.2, 0) is 4.79 Å². The third kappa shape index (κ3) is 2.81. The van der Waals surface area contributed by atoms with Crippen molar-refractivity contribution < 1.29 is 15.0 Å². The number of aliphatic hydroxyl groups is 1. The van der Waals surface area contributed by atoms with Crippen LogP contribution in [0.2, 0.25) is 0 Å². The number of carboxylic acids is 1. The quantitative estimate of drug-likeness (QED) is 0.446. The number of carboxylic acid groups (broad SMARTS) is 1. The molecule has 0 spiro atoms. The number of fused-ring (bicyclic) bond motifs is 7. The predicted molar refractivity (Wildman–Crippen MR) is 137 cm³/mol. The lowest BCUT2D eigenvalue weighted by molar-refractivity contribution is -0.247. The summed E-state index contributed by atoms with van der Waals surface area (Å²) in [7, 11) is 1.89. The molecule has 5 unspecified atom stereocenters. The Hall–Kier alpha value is -0.900. The Labute approximate surface area is 207 Å². The molecule has 5 aliphatic rings. The molecular formula is C30H49NO3. The molecule has 0 saturated heterocycles. The van der Waals surface area contributed by atoms with Gasteiger partial charge in [-0.05, 0) is 116 Å². The maximum absolute atomic E-state index is 12.8. The number of nitrogens with zero attached hydrogens (tertiary/aromatic N) is 1. The highest BCUT2D eigenvalue weighted by Crippen LogP contribution is 2.77. The summed E-state index contributed by atoms with van der Waals surface area (Å²) in [6.45, 7) is 14.5. The SMILES string of the molecule is CN=C(C)C1CC[C@]2(C(=O)O)CC[C@]3(C)C(CCC4[C@@]5(C)CC[C@H](O)C(C)(C)C5CC[C@]43C)C12. The molecule has 0 aromatic heterocycles. The molecular weight excluding hydrogens is 422 g/mol. The minimum atomic E-state index is -0.554. The van der Waals surface area contributed by atoms with Gasteiger partial charge in [0.05, 0.1) is 11.5 Å². The van der Waals surface area contributed by atoms with E-state index in [0.29, 0.717) is 23.7 Å². The number of carbonyl (C=O) groups is 1. The predicted octanol–water partition coefficient (Wildman–Crippen LogP) is 6.60. The Balaban J connectivity index is 1.57. The van der Waals surface area contributed by atoms with Crippen LogP contribution in [0.3, 0.4) is 0 Å². The summed E-state index contributed by atoms with van der Waals surface area (Å²) in [5.74, 6) is 1.69. The lowest BCUT2D eigenvalue weighted by atomic mass is 9.32. The molecule has 0 radical (unpaired) electrons. The first kappa shape index (κ1) is 24.8. The van der Waals surface area contributed by atoms with Crippen molar-refractivity contribution in [3.05, 3.63) is 0 Å². The highest BCUT2D eigenvalue weighted by atomic mass is 16.4. The minimum Gasteiger partial charge on any atom is -0.481 e. The van der Waals surface area contributed by atoms with E-state index in [1.807, 2.05) is 7.05 Å². The molecule has 0 bridgehead atoms. The van der Waals surface area contributed by atoms with Gasteiger partial charge in [0.1, 0.15) is 0 Å². The summed E-state index contributed by atoms with van der Waals surface area (Å²) in [4.78, 5) is 17.4. The van der Waals surface area contributed by atoms with Crippen LogP contribution in [-0.4, -0.2) is 35.0 Å². The Kier molecular flexibility index (Phi) is 5.51. The zero-order valence-electron chi connectivity index (χ0n) is 22.8. The normalized spacial score (nSPS) is 54.4. The van der Waals surface area contributed by atoms with E-state index in [2.05, 4.69) is 46.5 Å². The molecule has 0 aliphatic heterocycles. The van der Waals surface area contributed by atoms with Crippen LogP contribution in [0, 0.1) is 56.7 Å². The van der Waals surface area contributed by atoms with Crippen LogP contribution in [0.5, 0.6) is 0 Å². The molecule has 4 nitrogen and oxygen atoms in total. The van der Waals surface area contributed by atoms with E-state index < -0.39 is 11.4 Å². The second kappa shape index (κ2) is 7.56. The van der Waals surface area contributed by atoms with Gasteiger partial charge in [-0.15, -0.1) is 0 Å². The van der Waals surface area contributed by atoms with Gasteiger partial charge in [-0.25, -0.2) is 0 Å². The first-order chi connectivity index (χ1) is 15.8. The van der Waals surface area contributed by atoms with Gasteiger partial charge in [0.2, 0.25) is 0 Å². The average molecular weight is 472 g/mol. The molecule has 0 heterocycles. The fourth-order valence-corrected chi connectivity index (χ4v) is 11.6. The van der Waals surface area contributed by atoms with E-state index in [9.17, 15) is 15.0 Å². The zero-order chi connectivity index (χ0) is 24.9. The van der Waals surface area contributed by atoms with E-state index in [1.54, 1.807) is 0 Å². The molecule has 5 rings (SSSR count). The first-order valence-corrected chi connectivity index (χ1v) is 14.1. The molecule has 5 aliphatic carbocycles. The second-order valence-electron chi connectivity index (χ2n) is 14.5. The molecule has 5 saturated carbocycles. The fourth-order valence-electron chi connectivity index (χ4n) is 11.6. The smallest absolute Gasteiger partial charge is 0.309 e. The van der Waals surface area contributed by atoms with E-state index in [0.717, 1.165) is 44.9 Å². The molecule has 34 heavy (non-hydrogen) atoms. The molecule has 10 atom stereocenters. The fraction of sp³-hybridized carbons (Fsp3) is 0.933. The second-order valence-corrected chi connectivity index (χ2v) is 14.5. The van der Waals surface area contributed by atoms with Crippen LogP contribution in [0.25, 0.3) is 0 Å². The van der Waals surface area contributed by atoms with E-state index >= 15 is 0 Å². The number of rotatable bonds is 2. The van der Waals surface area contributed by atoms with Crippen LogP contribution < -0.4 is 0 Å². The van der Waals surface area contributed by atoms with Gasteiger partial charge in [0, 0.05) is 18.7 Å². The first-order valence-electron chi connectivity index (χ1n) is 14.1. The molecule has 0 aromatic carbocycles. The lowest BCUT2D eigenvalue weighted by Gasteiger charge is -2.72. The Morgan fingerprint density at radius 3 is 2.18 bits per heavy atom. The third-order valence-electron chi connectivity index (χ3n) is 13.7. The summed E-state index contributed by atoms with van der Waals surface area (Å²) in [6.07, 6.45) is 10.4. The van der Waals surface area contributed by atoms with E-state index in [4.69, 9.17) is 0 Å². The number of aliphatic imine (C=N–C) groups is 1. The topological polar surface area (TPSA) is 69.9 Å². The standard InChI is InChI=1S/C30H49NO3/c1-18(31-7)19-10-15-30(25(33)34)17-16-28(5)20(24(19)30)8-9-22-27(4)13-12-23(32)26(2,3)21(27)11-14-29(22,28)6/h19-24,32H,8-17H2,1-7H3,(H,33,34)/t19?,20?,21?,22?,23-,24?,27-,28+,29+,30-/m0/s1. The molecule has 2 N–H and O–H groups in total. The zero-order valence-corrected chi connectivity index (χ0v) is 22.8. The summed E-state index contributed by atoms with van der Waals surface area (Å²) < 4.78 is 0. The summed E-state index contributed by atoms with van der Waals surface area (Å²) in [5.41, 5.74) is 1.26. The van der Waals surface area contributed by atoms with E-state index in [-0.39, 0.29) is 33.7 Å². The van der Waals surface area contributed by atoms with Gasteiger partial charge in [0.15, 0.2) is 0 Å². The lowest BCUT2D eigenvalue weighted by Crippen LogP contribution is -2.67. The van der Waals surface area contributed by atoms with Crippen molar-refractivity contribution in [3.8, 4) is 0 Å². The third-order valence-corrected chi connectivity index (χ3v) is 13.7. The highest BCUT2D eigenvalue weighted by molar-refractivity contribution is 5.87. The van der Waals surface area contributed by atoms with Gasteiger partial charge < -0.3 is 10.2 Å². The van der Waals surface area contributed by atoms with Gasteiger partial charge in [-0.2, -0.15) is 0 Å². The Morgan fingerprint density at radius 2 is 1.53 bits per heavy atom. The summed E-state index contributed by atoms with van der Waals surface area (Å²) >= 11 is 0. The highest BCUT2D eigenvalue weighted by Gasteiger charge is 2.72. The van der Waals surface area contributed by atoms with Crippen LogP contribution in [0.4, 0.5) is 0 Å². The van der Waals surface area contributed by atoms with Crippen molar-refractivity contribution in [3.63, 3.8) is 0 Å². The van der Waals surface area contributed by atoms with Crippen molar-refractivity contribution in [1.29, 1.82) is 0 Å². The van der Waals surface area contributed by atoms with Crippen LogP contribution in [0.1, 0.15) is 106 Å². The Morgan fingerprint density at radius 1 is 0.824 bits per heavy atom. The maximum atomic E-state index is 12.8. The van der Waals surface area contributed by atoms with Crippen LogP contribution >= 0.6 is 0 Å². The van der Waals surface area contributed by atoms with E-state index in [1.165, 1.54) is 25.0 Å². The average Bonchev–Trinajstić information content (AvgIpc) is 3.18. The summed E-state index contributed by atoms with van der Waals surface area (Å²) in [5, 5.41) is 21.5. The van der Waals surface area contributed by atoms with Gasteiger partial charge in [-0.1, -0.05) is 34.6 Å². The van der Waals surface area contributed by atoms with Gasteiger partial charge >= 0.3 is 5.97 Å².